The van der Waals surface area contributed by atoms with E-state index < -0.39 is 0 Å². The summed E-state index contributed by atoms with van der Waals surface area (Å²) in [4.78, 5) is 22.7. The molecule has 4 rings (SSSR count). The van der Waals surface area contributed by atoms with Crippen molar-refractivity contribution in [3.8, 4) is 0 Å². The normalized spacial score (nSPS) is 18.3. The highest BCUT2D eigenvalue weighted by Crippen LogP contribution is 2.38. The number of aromatic nitrogens is 2. The Hall–Kier alpha value is -3.19. The first-order valence-electron chi connectivity index (χ1n) is 10.0. The number of hydrogen-bond acceptors (Lipinski definition) is 3. The lowest BCUT2D eigenvalue weighted by atomic mass is 10.0. The van der Waals surface area contributed by atoms with Crippen LogP contribution in [-0.2, 0) is 4.79 Å². The van der Waals surface area contributed by atoms with E-state index in [4.69, 9.17) is 12.2 Å². The summed E-state index contributed by atoms with van der Waals surface area (Å²) in [5.41, 5.74) is 4.94. The largest absolute Gasteiger partial charge is 0.361 e. The molecule has 0 saturated carbocycles. The Bertz CT molecular complexity index is 1050. The van der Waals surface area contributed by atoms with E-state index in [1.165, 1.54) is 0 Å². The van der Waals surface area contributed by atoms with Crippen molar-refractivity contribution in [2.45, 2.75) is 32.4 Å². The average Bonchev–Trinajstić information content (AvgIpc) is 3.31. The van der Waals surface area contributed by atoms with Gasteiger partial charge in [0.1, 0.15) is 0 Å². The van der Waals surface area contributed by atoms with Crippen LogP contribution in [0.15, 0.2) is 60.8 Å². The van der Waals surface area contributed by atoms with Crippen LogP contribution in [0.4, 0.5) is 5.69 Å². The standard InChI is InChI=1S/C23H25N5OS/c1-15-7-3-4-8-17(15)26-20(29)12-14-28-22(19-11-10-16(2)25-19)21(27-23(28)30)18-9-5-6-13-24-18/h3-11,13,21-22,25H,12,14H2,1-2H3,(H,26,29)(H,27,30)/t21-,22+/m0/s1. The van der Waals surface area contributed by atoms with Gasteiger partial charge in [-0.1, -0.05) is 24.3 Å². The fourth-order valence-corrected chi connectivity index (χ4v) is 4.16. The van der Waals surface area contributed by atoms with Gasteiger partial charge in [0.05, 0.1) is 17.8 Å². The maximum Gasteiger partial charge on any atom is 0.226 e. The molecule has 0 bridgehead atoms. The van der Waals surface area contributed by atoms with E-state index in [-0.39, 0.29) is 18.0 Å². The van der Waals surface area contributed by atoms with Gasteiger partial charge in [-0.25, -0.2) is 0 Å². The fourth-order valence-electron chi connectivity index (χ4n) is 3.83. The Morgan fingerprint density at radius 1 is 1.13 bits per heavy atom. The number of carbonyl (C=O) groups is 1. The van der Waals surface area contributed by atoms with Crippen LogP contribution >= 0.6 is 12.2 Å². The van der Waals surface area contributed by atoms with Gasteiger partial charge in [-0.05, 0) is 62.0 Å². The third kappa shape index (κ3) is 4.21. The van der Waals surface area contributed by atoms with E-state index in [0.717, 1.165) is 28.3 Å². The summed E-state index contributed by atoms with van der Waals surface area (Å²) in [5, 5.41) is 7.04. The molecule has 0 radical (unpaired) electrons. The molecule has 1 aliphatic rings. The molecule has 2 aromatic heterocycles. The van der Waals surface area contributed by atoms with E-state index in [1.54, 1.807) is 6.20 Å². The summed E-state index contributed by atoms with van der Waals surface area (Å²) < 4.78 is 0. The molecule has 0 spiro atoms. The highest BCUT2D eigenvalue weighted by Gasteiger charge is 2.40. The minimum Gasteiger partial charge on any atom is -0.361 e. The number of amides is 1. The van der Waals surface area contributed by atoms with Crippen molar-refractivity contribution in [1.29, 1.82) is 0 Å². The number of para-hydroxylation sites is 1. The van der Waals surface area contributed by atoms with Crippen LogP contribution in [0.5, 0.6) is 0 Å². The average molecular weight is 420 g/mol. The lowest BCUT2D eigenvalue weighted by Crippen LogP contribution is -2.32. The Morgan fingerprint density at radius 3 is 2.63 bits per heavy atom. The molecule has 30 heavy (non-hydrogen) atoms. The predicted octanol–water partition coefficient (Wildman–Crippen LogP) is 4.03. The number of carbonyl (C=O) groups excluding carboxylic acids is 1. The molecule has 3 aromatic rings. The number of aromatic amines is 1. The minimum atomic E-state index is -0.0869. The zero-order valence-corrected chi connectivity index (χ0v) is 17.9. The first kappa shape index (κ1) is 20.1. The maximum absolute atomic E-state index is 12.6. The summed E-state index contributed by atoms with van der Waals surface area (Å²) in [5.74, 6) is -0.0326. The molecule has 1 saturated heterocycles. The number of pyridine rings is 1. The zero-order valence-electron chi connectivity index (χ0n) is 17.1. The van der Waals surface area contributed by atoms with Crippen molar-refractivity contribution in [3.63, 3.8) is 0 Å². The monoisotopic (exact) mass is 419 g/mol. The Balaban J connectivity index is 1.52. The highest BCUT2D eigenvalue weighted by atomic mass is 32.1. The van der Waals surface area contributed by atoms with Crippen LogP contribution in [0, 0.1) is 13.8 Å². The molecule has 1 aromatic carbocycles. The van der Waals surface area contributed by atoms with Crippen LogP contribution in [0.2, 0.25) is 0 Å². The second kappa shape index (κ2) is 8.67. The van der Waals surface area contributed by atoms with Gasteiger partial charge >= 0.3 is 0 Å². The summed E-state index contributed by atoms with van der Waals surface area (Å²) in [7, 11) is 0. The van der Waals surface area contributed by atoms with Gasteiger partial charge in [0.2, 0.25) is 5.91 Å². The topological polar surface area (TPSA) is 73.1 Å². The predicted molar refractivity (Wildman–Crippen MR) is 122 cm³/mol. The SMILES string of the molecule is Cc1ccc([C@@H]2[C@H](c3ccccn3)NC(=S)N2CCC(=O)Nc2ccccc2C)[nH]1. The molecule has 7 heteroatoms. The van der Waals surface area contributed by atoms with E-state index in [0.29, 0.717) is 18.1 Å². The lowest BCUT2D eigenvalue weighted by molar-refractivity contribution is -0.116. The van der Waals surface area contributed by atoms with Crippen LogP contribution in [-0.4, -0.2) is 32.4 Å². The van der Waals surface area contributed by atoms with E-state index in [9.17, 15) is 4.79 Å². The van der Waals surface area contributed by atoms with Crippen LogP contribution in [0.1, 0.15) is 41.1 Å². The Morgan fingerprint density at radius 2 is 1.93 bits per heavy atom. The fraction of sp³-hybridized carbons (Fsp3) is 0.261. The van der Waals surface area contributed by atoms with Gasteiger partial charge in [0, 0.05) is 36.2 Å². The van der Waals surface area contributed by atoms with Gasteiger partial charge in [0.15, 0.2) is 5.11 Å². The zero-order chi connectivity index (χ0) is 21.1. The molecule has 154 valence electrons. The molecule has 1 amide bonds. The first-order valence-corrected chi connectivity index (χ1v) is 10.4. The van der Waals surface area contributed by atoms with Crippen molar-refractivity contribution < 1.29 is 4.79 Å². The second-order valence-corrected chi connectivity index (χ2v) is 7.92. The van der Waals surface area contributed by atoms with E-state index >= 15 is 0 Å². The lowest BCUT2D eigenvalue weighted by Gasteiger charge is -2.26. The Kier molecular flexibility index (Phi) is 5.81. The molecule has 0 aliphatic carbocycles. The molecule has 6 nitrogen and oxygen atoms in total. The molecular weight excluding hydrogens is 394 g/mol. The van der Waals surface area contributed by atoms with Gasteiger partial charge in [-0.3, -0.25) is 9.78 Å². The maximum atomic E-state index is 12.6. The number of anilines is 1. The minimum absolute atomic E-state index is 0.0326. The summed E-state index contributed by atoms with van der Waals surface area (Å²) >= 11 is 5.65. The van der Waals surface area contributed by atoms with Crippen molar-refractivity contribution in [3.05, 3.63) is 83.4 Å². The number of nitrogens with one attached hydrogen (secondary N) is 3. The molecule has 1 aliphatic heterocycles. The van der Waals surface area contributed by atoms with Crippen LogP contribution < -0.4 is 10.6 Å². The van der Waals surface area contributed by atoms with Gasteiger partial charge in [0.25, 0.3) is 0 Å². The molecule has 2 atom stereocenters. The highest BCUT2D eigenvalue weighted by molar-refractivity contribution is 7.80. The summed E-state index contributed by atoms with van der Waals surface area (Å²) in [6, 6.07) is 17.6. The molecule has 0 unspecified atom stereocenters. The second-order valence-electron chi connectivity index (χ2n) is 7.53. The number of nitrogens with zero attached hydrogens (tertiary/aromatic N) is 2. The number of thiocarbonyl (C=S) groups is 1. The van der Waals surface area contributed by atoms with Crippen molar-refractivity contribution >= 4 is 28.9 Å². The van der Waals surface area contributed by atoms with Crippen molar-refractivity contribution in [2.75, 3.05) is 11.9 Å². The van der Waals surface area contributed by atoms with E-state index in [2.05, 4.69) is 37.6 Å². The molecular formula is C23H25N5OS. The van der Waals surface area contributed by atoms with Crippen molar-refractivity contribution in [2.24, 2.45) is 0 Å². The van der Waals surface area contributed by atoms with Gasteiger partial charge in [-0.15, -0.1) is 0 Å². The smallest absolute Gasteiger partial charge is 0.226 e. The van der Waals surface area contributed by atoms with E-state index in [1.807, 2.05) is 56.3 Å². The quantitative estimate of drug-likeness (QED) is 0.526. The number of rotatable bonds is 6. The van der Waals surface area contributed by atoms with Crippen molar-refractivity contribution in [1.82, 2.24) is 20.2 Å². The number of aryl methyl sites for hydroxylation is 2. The van der Waals surface area contributed by atoms with Crippen LogP contribution in [0.3, 0.4) is 0 Å². The van der Waals surface area contributed by atoms with Gasteiger partial charge < -0.3 is 20.5 Å². The first-order chi connectivity index (χ1) is 14.5. The molecule has 3 N–H and O–H groups in total. The molecule has 1 fully saturated rings. The van der Waals surface area contributed by atoms with Crippen LogP contribution in [0.25, 0.3) is 0 Å². The Labute approximate surface area is 181 Å². The van der Waals surface area contributed by atoms with Gasteiger partial charge in [-0.2, -0.15) is 0 Å². The summed E-state index contributed by atoms with van der Waals surface area (Å²) in [6.07, 6.45) is 2.12. The third-order valence-electron chi connectivity index (χ3n) is 5.37. The number of hydrogen-bond donors (Lipinski definition) is 3. The number of benzene rings is 1. The number of H-pyrrole nitrogens is 1. The molecule has 3 heterocycles. The third-order valence-corrected chi connectivity index (χ3v) is 5.72. The summed E-state index contributed by atoms with van der Waals surface area (Å²) in [6.45, 7) is 4.52.